The maximum atomic E-state index is 11.8. The summed E-state index contributed by atoms with van der Waals surface area (Å²) in [5, 5.41) is 12.8. The second-order valence-electron chi connectivity index (χ2n) is 4.49. The summed E-state index contributed by atoms with van der Waals surface area (Å²) >= 11 is 0. The van der Waals surface area contributed by atoms with Crippen LogP contribution in [0.5, 0.6) is 0 Å². The minimum absolute atomic E-state index is 0.0755. The van der Waals surface area contributed by atoms with Crippen LogP contribution >= 0.6 is 0 Å². The number of nitrogens with zero attached hydrogens (tertiary/aromatic N) is 1. The SMILES string of the molecule is CC1CS(=O)(=O)CCN1C(=O)NCC(=O)NCC(=O)O. The topological polar surface area (TPSA) is 133 Å². The average molecular weight is 307 g/mol. The second-order valence-corrected chi connectivity index (χ2v) is 6.71. The number of urea groups is 1. The van der Waals surface area contributed by atoms with Gasteiger partial charge in [0, 0.05) is 12.6 Å². The highest BCUT2D eigenvalue weighted by atomic mass is 32.2. The summed E-state index contributed by atoms with van der Waals surface area (Å²) < 4.78 is 22.7. The number of carboxylic acid groups (broad SMARTS) is 1. The van der Waals surface area contributed by atoms with Gasteiger partial charge in [-0.1, -0.05) is 0 Å². The molecule has 20 heavy (non-hydrogen) atoms. The van der Waals surface area contributed by atoms with E-state index >= 15 is 0 Å². The molecular formula is C10H17N3O6S. The molecule has 0 radical (unpaired) electrons. The second kappa shape index (κ2) is 6.55. The van der Waals surface area contributed by atoms with Crippen molar-refractivity contribution in [1.82, 2.24) is 15.5 Å². The van der Waals surface area contributed by atoms with Gasteiger partial charge in [-0.2, -0.15) is 0 Å². The zero-order valence-corrected chi connectivity index (χ0v) is 11.8. The van der Waals surface area contributed by atoms with Crippen molar-refractivity contribution in [3.05, 3.63) is 0 Å². The molecule has 3 N–H and O–H groups in total. The first-order chi connectivity index (χ1) is 9.21. The first kappa shape index (κ1) is 16.2. The van der Waals surface area contributed by atoms with Gasteiger partial charge < -0.3 is 20.6 Å². The number of rotatable bonds is 4. The number of hydrogen-bond acceptors (Lipinski definition) is 5. The summed E-state index contributed by atoms with van der Waals surface area (Å²) in [4.78, 5) is 34.6. The highest BCUT2D eigenvalue weighted by Crippen LogP contribution is 2.11. The zero-order chi connectivity index (χ0) is 15.3. The Morgan fingerprint density at radius 3 is 2.45 bits per heavy atom. The van der Waals surface area contributed by atoms with Gasteiger partial charge in [-0.25, -0.2) is 13.2 Å². The summed E-state index contributed by atoms with van der Waals surface area (Å²) in [6.45, 7) is 0.808. The van der Waals surface area contributed by atoms with Crippen molar-refractivity contribution in [3.63, 3.8) is 0 Å². The van der Waals surface area contributed by atoms with Crippen molar-refractivity contribution < 1.29 is 27.9 Å². The molecule has 1 rings (SSSR count). The van der Waals surface area contributed by atoms with E-state index in [9.17, 15) is 22.8 Å². The molecular weight excluding hydrogens is 290 g/mol. The number of carboxylic acids is 1. The Bertz CT molecular complexity index is 503. The van der Waals surface area contributed by atoms with E-state index in [-0.39, 0.29) is 24.6 Å². The van der Waals surface area contributed by atoms with Crippen LogP contribution in [-0.2, 0) is 19.4 Å². The Kier molecular flexibility index (Phi) is 5.31. The van der Waals surface area contributed by atoms with Gasteiger partial charge in [0.1, 0.15) is 6.54 Å². The third kappa shape index (κ3) is 5.03. The molecule has 0 bridgehead atoms. The lowest BCUT2D eigenvalue weighted by atomic mass is 10.3. The fraction of sp³-hybridized carbons (Fsp3) is 0.700. The molecule has 0 spiro atoms. The summed E-state index contributed by atoms with van der Waals surface area (Å²) in [7, 11) is -3.11. The van der Waals surface area contributed by atoms with Crippen LogP contribution in [-0.4, -0.2) is 73.5 Å². The summed E-state index contributed by atoms with van der Waals surface area (Å²) in [6, 6.07) is -1.01. The van der Waals surface area contributed by atoms with E-state index < -0.39 is 40.3 Å². The quantitative estimate of drug-likeness (QED) is 0.551. The predicted octanol–water partition coefficient (Wildman–Crippen LogP) is -1.98. The maximum absolute atomic E-state index is 11.8. The Labute approximate surface area is 116 Å². The van der Waals surface area contributed by atoms with Gasteiger partial charge >= 0.3 is 12.0 Å². The summed E-state index contributed by atoms with van der Waals surface area (Å²) in [6.07, 6.45) is 0. The lowest BCUT2D eigenvalue weighted by molar-refractivity contribution is -0.137. The molecule has 1 aliphatic rings. The van der Waals surface area contributed by atoms with Gasteiger partial charge in [0.25, 0.3) is 0 Å². The van der Waals surface area contributed by atoms with E-state index in [2.05, 4.69) is 10.6 Å². The average Bonchev–Trinajstić information content (AvgIpc) is 2.32. The number of carbonyl (C=O) groups excluding carboxylic acids is 2. The molecule has 0 aromatic carbocycles. The lowest BCUT2D eigenvalue weighted by Crippen LogP contribution is -2.54. The van der Waals surface area contributed by atoms with Crippen LogP contribution in [0.3, 0.4) is 0 Å². The molecule has 9 nitrogen and oxygen atoms in total. The predicted molar refractivity (Wildman–Crippen MR) is 68.9 cm³/mol. The van der Waals surface area contributed by atoms with E-state index in [0.29, 0.717) is 0 Å². The number of nitrogens with one attached hydrogen (secondary N) is 2. The summed E-state index contributed by atoms with van der Waals surface area (Å²) in [5.74, 6) is -2.01. The first-order valence-electron chi connectivity index (χ1n) is 5.94. The van der Waals surface area contributed by atoms with Crippen LogP contribution in [0.25, 0.3) is 0 Å². The van der Waals surface area contributed by atoms with Crippen molar-refractivity contribution in [1.29, 1.82) is 0 Å². The van der Waals surface area contributed by atoms with Gasteiger partial charge in [0.15, 0.2) is 9.84 Å². The largest absolute Gasteiger partial charge is 0.480 e. The molecule has 1 fully saturated rings. The molecule has 1 heterocycles. The Morgan fingerprint density at radius 1 is 1.25 bits per heavy atom. The molecule has 0 aliphatic carbocycles. The van der Waals surface area contributed by atoms with E-state index in [4.69, 9.17) is 5.11 Å². The van der Waals surface area contributed by atoms with Gasteiger partial charge in [0.2, 0.25) is 5.91 Å². The van der Waals surface area contributed by atoms with Crippen LogP contribution in [0, 0.1) is 0 Å². The standard InChI is InChI=1S/C10H17N3O6S/c1-7-6-20(18,19)3-2-13(7)10(17)12-4-8(14)11-5-9(15)16/h7H,2-6H2,1H3,(H,11,14)(H,12,17)(H,15,16). The molecule has 1 atom stereocenters. The fourth-order valence-electron chi connectivity index (χ4n) is 1.79. The number of sulfone groups is 1. The Hall–Kier alpha value is -1.84. The van der Waals surface area contributed by atoms with E-state index in [1.807, 2.05) is 0 Å². The van der Waals surface area contributed by atoms with Crippen LogP contribution in [0.2, 0.25) is 0 Å². The number of aliphatic carboxylic acids is 1. The monoisotopic (exact) mass is 307 g/mol. The Morgan fingerprint density at radius 2 is 1.90 bits per heavy atom. The molecule has 0 saturated carbocycles. The molecule has 0 aromatic rings. The summed E-state index contributed by atoms with van der Waals surface area (Å²) in [5.41, 5.74) is 0. The number of hydrogen-bond donors (Lipinski definition) is 3. The van der Waals surface area contributed by atoms with Gasteiger partial charge in [-0.15, -0.1) is 0 Å². The third-order valence-electron chi connectivity index (χ3n) is 2.77. The lowest BCUT2D eigenvalue weighted by Gasteiger charge is -2.33. The Balaban J connectivity index is 2.40. The maximum Gasteiger partial charge on any atom is 0.322 e. The van der Waals surface area contributed by atoms with Crippen LogP contribution in [0.1, 0.15) is 6.92 Å². The fourth-order valence-corrected chi connectivity index (χ4v) is 3.35. The minimum Gasteiger partial charge on any atom is -0.480 e. The highest BCUT2D eigenvalue weighted by molar-refractivity contribution is 7.91. The van der Waals surface area contributed by atoms with Crippen LogP contribution < -0.4 is 10.6 Å². The number of amides is 3. The van der Waals surface area contributed by atoms with Crippen LogP contribution in [0.4, 0.5) is 4.79 Å². The highest BCUT2D eigenvalue weighted by Gasteiger charge is 2.31. The first-order valence-corrected chi connectivity index (χ1v) is 7.77. The van der Waals surface area contributed by atoms with Gasteiger partial charge in [0.05, 0.1) is 18.1 Å². The van der Waals surface area contributed by atoms with Crippen molar-refractivity contribution in [2.75, 3.05) is 31.1 Å². The zero-order valence-electron chi connectivity index (χ0n) is 11.0. The molecule has 1 saturated heterocycles. The number of carbonyl (C=O) groups is 3. The molecule has 1 unspecified atom stereocenters. The molecule has 3 amide bonds. The van der Waals surface area contributed by atoms with Crippen molar-refractivity contribution in [3.8, 4) is 0 Å². The molecule has 114 valence electrons. The van der Waals surface area contributed by atoms with Crippen molar-refractivity contribution >= 4 is 27.7 Å². The molecule has 10 heteroatoms. The van der Waals surface area contributed by atoms with Crippen molar-refractivity contribution in [2.45, 2.75) is 13.0 Å². The van der Waals surface area contributed by atoms with Gasteiger partial charge in [-0.3, -0.25) is 9.59 Å². The van der Waals surface area contributed by atoms with Gasteiger partial charge in [-0.05, 0) is 6.92 Å². The van der Waals surface area contributed by atoms with Crippen molar-refractivity contribution in [2.24, 2.45) is 0 Å². The van der Waals surface area contributed by atoms with E-state index in [0.717, 1.165) is 0 Å². The third-order valence-corrected chi connectivity index (χ3v) is 4.56. The normalized spacial score (nSPS) is 21.1. The smallest absolute Gasteiger partial charge is 0.322 e. The van der Waals surface area contributed by atoms with Crippen LogP contribution in [0.15, 0.2) is 0 Å². The molecule has 0 aromatic heterocycles. The minimum atomic E-state index is -3.11. The van der Waals surface area contributed by atoms with E-state index in [1.165, 1.54) is 4.90 Å². The molecule has 1 aliphatic heterocycles. The van der Waals surface area contributed by atoms with E-state index in [1.54, 1.807) is 6.92 Å².